The normalized spacial score (nSPS) is 11.5. The third-order valence-electron chi connectivity index (χ3n) is 5.47. The minimum absolute atomic E-state index is 0.159. The molecule has 0 aliphatic carbocycles. The zero-order valence-electron chi connectivity index (χ0n) is 19.5. The van der Waals surface area contributed by atoms with Gasteiger partial charge in [-0.3, -0.25) is 14.5 Å². The lowest BCUT2D eigenvalue weighted by molar-refractivity contribution is -0.127. The molecule has 2 aromatic heterocycles. The summed E-state index contributed by atoms with van der Waals surface area (Å²) >= 11 is 1.50. The highest BCUT2D eigenvalue weighted by atomic mass is 32.1. The molecule has 35 heavy (non-hydrogen) atoms. The van der Waals surface area contributed by atoms with Crippen LogP contribution in [-0.4, -0.2) is 26.0 Å². The van der Waals surface area contributed by atoms with E-state index in [0.29, 0.717) is 17.2 Å². The Morgan fingerprint density at radius 2 is 1.63 bits per heavy atom. The number of hydrogen-bond acceptors (Lipinski definition) is 6. The van der Waals surface area contributed by atoms with Gasteiger partial charge in [0.25, 0.3) is 5.91 Å². The van der Waals surface area contributed by atoms with Gasteiger partial charge in [0.05, 0.1) is 26.9 Å². The van der Waals surface area contributed by atoms with E-state index >= 15 is 0 Å². The fourth-order valence-electron chi connectivity index (χ4n) is 3.68. The molecule has 1 atom stereocenters. The number of benzene rings is 2. The third kappa shape index (κ3) is 5.91. The molecule has 0 saturated heterocycles. The van der Waals surface area contributed by atoms with Crippen LogP contribution in [0.2, 0.25) is 0 Å². The Balaban J connectivity index is 1.65. The predicted octanol–water partition coefficient (Wildman–Crippen LogP) is 4.99. The maximum absolute atomic E-state index is 13.6. The summed E-state index contributed by atoms with van der Waals surface area (Å²) in [5.41, 5.74) is 1.46. The lowest BCUT2D eigenvalue weighted by Crippen LogP contribution is -2.44. The van der Waals surface area contributed by atoms with E-state index in [1.54, 1.807) is 50.6 Å². The van der Waals surface area contributed by atoms with Gasteiger partial charge in [0.15, 0.2) is 6.04 Å². The van der Waals surface area contributed by atoms with Gasteiger partial charge in [-0.15, -0.1) is 11.3 Å². The summed E-state index contributed by atoms with van der Waals surface area (Å²) < 4.78 is 16.1. The van der Waals surface area contributed by atoms with Gasteiger partial charge in [-0.2, -0.15) is 0 Å². The second-order valence-corrected chi connectivity index (χ2v) is 8.73. The predicted molar refractivity (Wildman–Crippen MR) is 135 cm³/mol. The highest BCUT2D eigenvalue weighted by Gasteiger charge is 2.34. The van der Waals surface area contributed by atoms with Gasteiger partial charge in [0.1, 0.15) is 17.3 Å². The second-order valence-electron chi connectivity index (χ2n) is 7.70. The average Bonchev–Trinajstić information content (AvgIpc) is 3.61. The van der Waals surface area contributed by atoms with Crippen LogP contribution in [0, 0.1) is 0 Å². The zero-order valence-corrected chi connectivity index (χ0v) is 20.3. The van der Waals surface area contributed by atoms with Crippen molar-refractivity contribution in [2.24, 2.45) is 0 Å². The maximum atomic E-state index is 13.6. The minimum atomic E-state index is -0.996. The molecule has 1 N–H and O–H groups in total. The van der Waals surface area contributed by atoms with Gasteiger partial charge >= 0.3 is 0 Å². The van der Waals surface area contributed by atoms with E-state index in [4.69, 9.17) is 13.9 Å². The van der Waals surface area contributed by atoms with E-state index < -0.39 is 6.04 Å². The molecule has 2 aromatic carbocycles. The molecule has 2 heterocycles. The van der Waals surface area contributed by atoms with Gasteiger partial charge in [0, 0.05) is 17.1 Å². The fourth-order valence-corrected chi connectivity index (χ4v) is 4.37. The van der Waals surface area contributed by atoms with Crippen LogP contribution in [0.1, 0.15) is 22.2 Å². The Labute approximate surface area is 207 Å². The van der Waals surface area contributed by atoms with E-state index in [1.165, 1.54) is 22.5 Å². The first-order valence-electron chi connectivity index (χ1n) is 11.0. The van der Waals surface area contributed by atoms with Gasteiger partial charge in [-0.25, -0.2) is 0 Å². The van der Waals surface area contributed by atoms with Crippen molar-refractivity contribution in [3.8, 4) is 11.5 Å². The van der Waals surface area contributed by atoms with Crippen LogP contribution in [0.4, 0.5) is 5.69 Å². The fraction of sp³-hybridized carbons (Fsp3) is 0.185. The summed E-state index contributed by atoms with van der Waals surface area (Å²) in [6.07, 6.45) is 1.65. The van der Waals surface area contributed by atoms with Crippen molar-refractivity contribution in [2.75, 3.05) is 19.1 Å². The first kappa shape index (κ1) is 24.1. The number of furan rings is 1. The second kappa shape index (κ2) is 11.4. The highest BCUT2D eigenvalue weighted by Crippen LogP contribution is 2.31. The topological polar surface area (TPSA) is 81.0 Å². The van der Waals surface area contributed by atoms with Gasteiger partial charge < -0.3 is 19.2 Å². The molecule has 2 amide bonds. The molecule has 0 saturated carbocycles. The van der Waals surface area contributed by atoms with Crippen LogP contribution in [0.15, 0.2) is 88.9 Å². The first-order chi connectivity index (χ1) is 17.1. The van der Waals surface area contributed by atoms with Crippen LogP contribution >= 0.6 is 11.3 Å². The number of anilines is 1. The molecule has 0 spiro atoms. The summed E-state index contributed by atoms with van der Waals surface area (Å²) in [4.78, 5) is 29.6. The standard InChI is InChI=1S/C27H26N2O5S/c1-32-21-11-7-19(8-12-21)18-28-27(31)26(24-6-3-15-34-24)29(20-9-13-22(33-2)14-10-20)25(30)17-23-5-4-16-35-23/h3-16,26H,17-18H2,1-2H3,(H,28,31). The van der Waals surface area contributed by atoms with Crippen molar-refractivity contribution in [3.63, 3.8) is 0 Å². The number of methoxy groups -OCH3 is 2. The number of thiophene rings is 1. The molecular weight excluding hydrogens is 464 g/mol. The van der Waals surface area contributed by atoms with Gasteiger partial charge in [0.2, 0.25) is 5.91 Å². The van der Waals surface area contributed by atoms with E-state index in [2.05, 4.69) is 5.32 Å². The number of nitrogens with one attached hydrogen (secondary N) is 1. The number of amides is 2. The Kier molecular flexibility index (Phi) is 7.84. The number of carbonyl (C=O) groups is 2. The van der Waals surface area contributed by atoms with Crippen molar-refractivity contribution in [1.29, 1.82) is 0 Å². The summed E-state index contributed by atoms with van der Waals surface area (Å²) in [5.74, 6) is 1.17. The summed E-state index contributed by atoms with van der Waals surface area (Å²) in [5, 5.41) is 4.88. The van der Waals surface area contributed by atoms with Gasteiger partial charge in [-0.05, 0) is 65.5 Å². The third-order valence-corrected chi connectivity index (χ3v) is 6.35. The molecule has 0 aliphatic heterocycles. The Hall–Kier alpha value is -4.04. The van der Waals surface area contributed by atoms with Crippen molar-refractivity contribution < 1.29 is 23.5 Å². The molecular formula is C27H26N2O5S. The largest absolute Gasteiger partial charge is 0.497 e. The quantitative estimate of drug-likeness (QED) is 0.339. The van der Waals surface area contributed by atoms with E-state index in [9.17, 15) is 9.59 Å². The van der Waals surface area contributed by atoms with Crippen LogP contribution < -0.4 is 19.7 Å². The molecule has 0 fully saturated rings. The number of hydrogen-bond donors (Lipinski definition) is 1. The smallest absolute Gasteiger partial charge is 0.251 e. The van der Waals surface area contributed by atoms with Gasteiger partial charge in [-0.1, -0.05) is 18.2 Å². The van der Waals surface area contributed by atoms with Crippen LogP contribution in [0.25, 0.3) is 0 Å². The van der Waals surface area contributed by atoms with E-state index in [1.807, 2.05) is 41.8 Å². The highest BCUT2D eigenvalue weighted by molar-refractivity contribution is 7.10. The minimum Gasteiger partial charge on any atom is -0.497 e. The molecule has 4 rings (SSSR count). The Bertz CT molecular complexity index is 1220. The van der Waals surface area contributed by atoms with Crippen molar-refractivity contribution in [2.45, 2.75) is 19.0 Å². The number of nitrogens with zero attached hydrogens (tertiary/aromatic N) is 1. The summed E-state index contributed by atoms with van der Waals surface area (Å²) in [6, 6.07) is 20.7. The molecule has 8 heteroatoms. The number of ether oxygens (including phenoxy) is 2. The van der Waals surface area contributed by atoms with Crippen molar-refractivity contribution in [3.05, 3.63) is 101 Å². The maximum Gasteiger partial charge on any atom is 0.251 e. The molecule has 0 bridgehead atoms. The van der Waals surface area contributed by atoms with Crippen LogP contribution in [0.3, 0.4) is 0 Å². The van der Waals surface area contributed by atoms with Crippen molar-refractivity contribution >= 4 is 28.8 Å². The Morgan fingerprint density at radius 1 is 0.943 bits per heavy atom. The zero-order chi connectivity index (χ0) is 24.6. The summed E-state index contributed by atoms with van der Waals surface area (Å²) in [7, 11) is 3.18. The van der Waals surface area contributed by atoms with Crippen LogP contribution in [0.5, 0.6) is 11.5 Å². The molecule has 4 aromatic rings. The average molecular weight is 491 g/mol. The molecule has 0 radical (unpaired) electrons. The Morgan fingerprint density at radius 3 is 2.20 bits per heavy atom. The molecule has 180 valence electrons. The molecule has 7 nitrogen and oxygen atoms in total. The molecule has 0 aliphatic rings. The lowest BCUT2D eigenvalue weighted by atomic mass is 10.1. The first-order valence-corrected chi connectivity index (χ1v) is 11.9. The SMILES string of the molecule is COc1ccc(CNC(=O)C(c2ccco2)N(C(=O)Cc2cccs2)c2ccc(OC)cc2)cc1. The monoisotopic (exact) mass is 490 g/mol. The van der Waals surface area contributed by atoms with Crippen molar-refractivity contribution in [1.82, 2.24) is 5.32 Å². The number of rotatable bonds is 10. The van der Waals surface area contributed by atoms with E-state index in [0.717, 1.165) is 16.2 Å². The summed E-state index contributed by atoms with van der Waals surface area (Å²) in [6.45, 7) is 0.287. The molecule has 1 unspecified atom stereocenters. The van der Waals surface area contributed by atoms with E-state index in [-0.39, 0.29) is 24.8 Å². The number of carbonyl (C=O) groups excluding carboxylic acids is 2. The lowest BCUT2D eigenvalue weighted by Gasteiger charge is -2.30. The van der Waals surface area contributed by atoms with Crippen LogP contribution in [-0.2, 0) is 22.6 Å².